The number of ether oxygens (including phenoxy) is 2. The minimum absolute atomic E-state index is 0.00980. The largest absolute Gasteiger partial charge is 0.489 e. The van der Waals surface area contributed by atoms with Crippen LogP contribution in [0.5, 0.6) is 5.75 Å². The first kappa shape index (κ1) is 18.4. The van der Waals surface area contributed by atoms with Gasteiger partial charge in [-0.05, 0) is 43.0 Å². The van der Waals surface area contributed by atoms with E-state index in [0.717, 1.165) is 29.7 Å². The zero-order valence-electron chi connectivity index (χ0n) is 15.1. The van der Waals surface area contributed by atoms with Crippen LogP contribution < -0.4 is 15.8 Å². The highest BCUT2D eigenvalue weighted by Gasteiger charge is 2.29. The molecule has 5 heteroatoms. The average molecular weight is 354 g/mol. The molecule has 138 valence electrons. The molecule has 1 amide bonds. The molecular formula is C21H26N2O3. The summed E-state index contributed by atoms with van der Waals surface area (Å²) in [4.78, 5) is 12.1. The molecule has 1 fully saturated rings. The molecule has 3 N–H and O–H groups in total. The van der Waals surface area contributed by atoms with Crippen LogP contribution in [0.2, 0.25) is 0 Å². The number of amides is 1. The van der Waals surface area contributed by atoms with Crippen LogP contribution in [0.4, 0.5) is 0 Å². The number of hydrogen-bond donors (Lipinski definition) is 2. The van der Waals surface area contributed by atoms with Crippen molar-refractivity contribution in [1.29, 1.82) is 0 Å². The number of hydrogen-bond acceptors (Lipinski definition) is 4. The molecule has 2 aromatic carbocycles. The number of benzene rings is 2. The van der Waals surface area contributed by atoms with Crippen molar-refractivity contribution in [1.82, 2.24) is 5.32 Å². The van der Waals surface area contributed by atoms with Gasteiger partial charge >= 0.3 is 0 Å². The molecule has 0 radical (unpaired) electrons. The van der Waals surface area contributed by atoms with Gasteiger partial charge in [0.05, 0.1) is 6.10 Å². The lowest BCUT2D eigenvalue weighted by Crippen LogP contribution is -2.35. The zero-order chi connectivity index (χ0) is 18.4. The van der Waals surface area contributed by atoms with Gasteiger partial charge in [0.1, 0.15) is 18.5 Å². The summed E-state index contributed by atoms with van der Waals surface area (Å²) in [6.07, 6.45) is 1.22. The zero-order valence-corrected chi connectivity index (χ0v) is 15.1. The van der Waals surface area contributed by atoms with Gasteiger partial charge in [0.25, 0.3) is 0 Å². The Hall–Kier alpha value is -2.37. The second-order valence-corrected chi connectivity index (χ2v) is 6.70. The minimum Gasteiger partial charge on any atom is -0.489 e. The molecule has 2 atom stereocenters. The van der Waals surface area contributed by atoms with E-state index in [-0.39, 0.29) is 18.1 Å². The second-order valence-electron chi connectivity index (χ2n) is 6.70. The van der Waals surface area contributed by atoms with E-state index < -0.39 is 0 Å². The quantitative estimate of drug-likeness (QED) is 0.802. The maximum atomic E-state index is 12.1. The van der Waals surface area contributed by atoms with Crippen molar-refractivity contribution in [3.05, 3.63) is 65.2 Å². The molecule has 0 unspecified atom stereocenters. The number of carbonyl (C=O) groups is 1. The van der Waals surface area contributed by atoms with Crippen LogP contribution in [0.1, 0.15) is 29.5 Å². The molecule has 0 aromatic heterocycles. The van der Waals surface area contributed by atoms with Gasteiger partial charge in [-0.15, -0.1) is 0 Å². The third-order valence-corrected chi connectivity index (χ3v) is 4.54. The van der Waals surface area contributed by atoms with Gasteiger partial charge in [0, 0.05) is 13.1 Å². The van der Waals surface area contributed by atoms with Crippen LogP contribution in [0, 0.1) is 6.92 Å². The first-order valence-corrected chi connectivity index (χ1v) is 9.04. The maximum Gasteiger partial charge on any atom is 0.249 e. The van der Waals surface area contributed by atoms with Gasteiger partial charge in [0.2, 0.25) is 5.91 Å². The second kappa shape index (κ2) is 8.83. The summed E-state index contributed by atoms with van der Waals surface area (Å²) in [5.41, 5.74) is 8.97. The van der Waals surface area contributed by atoms with Crippen LogP contribution in [0.25, 0.3) is 0 Å². The predicted molar refractivity (Wildman–Crippen MR) is 101 cm³/mol. The van der Waals surface area contributed by atoms with E-state index in [2.05, 4.69) is 30.4 Å². The summed E-state index contributed by atoms with van der Waals surface area (Å²) < 4.78 is 11.4. The average Bonchev–Trinajstić information content (AvgIpc) is 3.15. The number of nitrogens with one attached hydrogen (secondary N) is 1. The molecule has 1 aliphatic rings. The van der Waals surface area contributed by atoms with Gasteiger partial charge in [0.15, 0.2) is 0 Å². The molecule has 0 saturated carbocycles. The Labute approximate surface area is 154 Å². The van der Waals surface area contributed by atoms with Crippen LogP contribution in [0.15, 0.2) is 48.5 Å². The van der Waals surface area contributed by atoms with E-state index >= 15 is 0 Å². The van der Waals surface area contributed by atoms with E-state index in [1.165, 1.54) is 5.56 Å². The van der Waals surface area contributed by atoms with Gasteiger partial charge in [-0.2, -0.15) is 0 Å². The van der Waals surface area contributed by atoms with Gasteiger partial charge in [-0.25, -0.2) is 0 Å². The number of nitrogens with two attached hydrogens (primary N) is 1. The molecule has 3 rings (SSSR count). The first-order chi connectivity index (χ1) is 12.6. The highest BCUT2D eigenvalue weighted by molar-refractivity contribution is 5.81. The third kappa shape index (κ3) is 5.07. The third-order valence-electron chi connectivity index (χ3n) is 4.54. The van der Waals surface area contributed by atoms with Crippen molar-refractivity contribution in [2.45, 2.75) is 45.1 Å². The van der Waals surface area contributed by atoms with E-state index in [0.29, 0.717) is 19.7 Å². The maximum absolute atomic E-state index is 12.1. The lowest BCUT2D eigenvalue weighted by molar-refractivity contribution is -0.132. The molecule has 0 bridgehead atoms. The SMILES string of the molecule is Cc1cccc(COc2ccc(CNC(=O)[C@@H]3CC[C@H](CN)O3)cc2)c1. The monoisotopic (exact) mass is 354 g/mol. The topological polar surface area (TPSA) is 73.6 Å². The van der Waals surface area contributed by atoms with Gasteiger partial charge in [-0.3, -0.25) is 4.79 Å². The molecule has 26 heavy (non-hydrogen) atoms. The Kier molecular flexibility index (Phi) is 6.26. The van der Waals surface area contributed by atoms with E-state index in [9.17, 15) is 4.79 Å². The van der Waals surface area contributed by atoms with Crippen LogP contribution >= 0.6 is 0 Å². The summed E-state index contributed by atoms with van der Waals surface area (Å²) in [7, 11) is 0. The summed E-state index contributed by atoms with van der Waals surface area (Å²) in [5.74, 6) is 0.743. The number of aryl methyl sites for hydroxylation is 1. The smallest absolute Gasteiger partial charge is 0.249 e. The fourth-order valence-corrected chi connectivity index (χ4v) is 3.05. The molecule has 5 nitrogen and oxygen atoms in total. The summed E-state index contributed by atoms with van der Waals surface area (Å²) in [5, 5.41) is 2.92. The van der Waals surface area contributed by atoms with Crippen molar-refractivity contribution in [2.24, 2.45) is 5.73 Å². The van der Waals surface area contributed by atoms with Crippen LogP contribution in [-0.2, 0) is 22.7 Å². The normalized spacial score (nSPS) is 19.3. The first-order valence-electron chi connectivity index (χ1n) is 9.04. The summed E-state index contributed by atoms with van der Waals surface area (Å²) in [6.45, 7) is 3.55. The fourth-order valence-electron chi connectivity index (χ4n) is 3.05. The van der Waals surface area contributed by atoms with Crippen molar-refractivity contribution < 1.29 is 14.3 Å². The van der Waals surface area contributed by atoms with Crippen molar-refractivity contribution in [2.75, 3.05) is 6.54 Å². The predicted octanol–water partition coefficient (Wildman–Crippen LogP) is 2.70. The molecule has 1 saturated heterocycles. The summed E-state index contributed by atoms with van der Waals surface area (Å²) in [6, 6.07) is 16.0. The standard InChI is InChI=1S/C21H26N2O3/c1-15-3-2-4-17(11-15)14-25-18-7-5-16(6-8-18)13-23-21(24)20-10-9-19(12-22)26-20/h2-8,11,19-20H,9-10,12-14,22H2,1H3,(H,23,24)/t19-,20+/m1/s1. The van der Waals surface area contributed by atoms with Crippen LogP contribution in [-0.4, -0.2) is 24.7 Å². The van der Waals surface area contributed by atoms with Crippen molar-refractivity contribution >= 4 is 5.91 Å². The van der Waals surface area contributed by atoms with E-state index in [1.807, 2.05) is 30.3 Å². The number of carbonyl (C=O) groups excluding carboxylic acids is 1. The molecule has 0 spiro atoms. The highest BCUT2D eigenvalue weighted by atomic mass is 16.5. The molecule has 1 aliphatic heterocycles. The molecule has 2 aromatic rings. The lowest BCUT2D eigenvalue weighted by Gasteiger charge is -2.13. The van der Waals surface area contributed by atoms with Gasteiger partial charge in [-0.1, -0.05) is 42.0 Å². The lowest BCUT2D eigenvalue weighted by atomic mass is 10.1. The number of rotatable bonds is 7. The Balaban J connectivity index is 1.45. The van der Waals surface area contributed by atoms with E-state index in [1.54, 1.807) is 0 Å². The van der Waals surface area contributed by atoms with Crippen molar-refractivity contribution in [3.8, 4) is 5.75 Å². The van der Waals surface area contributed by atoms with E-state index in [4.69, 9.17) is 15.2 Å². The van der Waals surface area contributed by atoms with Gasteiger partial charge < -0.3 is 20.5 Å². The Morgan fingerprint density at radius 2 is 2.00 bits per heavy atom. The highest BCUT2D eigenvalue weighted by Crippen LogP contribution is 2.19. The molecule has 1 heterocycles. The Morgan fingerprint density at radius 3 is 2.69 bits per heavy atom. The Bertz CT molecular complexity index is 730. The van der Waals surface area contributed by atoms with Crippen molar-refractivity contribution in [3.63, 3.8) is 0 Å². The fraction of sp³-hybridized carbons (Fsp3) is 0.381. The Morgan fingerprint density at radius 1 is 1.19 bits per heavy atom. The molecule has 0 aliphatic carbocycles. The minimum atomic E-state index is -0.375. The summed E-state index contributed by atoms with van der Waals surface area (Å²) >= 11 is 0. The molecular weight excluding hydrogens is 328 g/mol. The van der Waals surface area contributed by atoms with Crippen LogP contribution in [0.3, 0.4) is 0 Å².